The van der Waals surface area contributed by atoms with Gasteiger partial charge in [0.1, 0.15) is 5.78 Å². The van der Waals surface area contributed by atoms with Crippen molar-refractivity contribution >= 4 is 28.4 Å². The molecule has 0 aromatic rings. The molecule has 0 aliphatic rings. The number of unbranched alkanes of at least 4 members (excludes halogenated alkanes) is 4. The second-order valence-corrected chi connectivity index (χ2v) is 7.31. The van der Waals surface area contributed by atoms with Crippen molar-refractivity contribution in [2.45, 2.75) is 88.9 Å². The number of rotatable bonds is 12. The van der Waals surface area contributed by atoms with Gasteiger partial charge in [0.15, 0.2) is 0 Å². The van der Waals surface area contributed by atoms with Crippen molar-refractivity contribution < 1.29 is 4.79 Å². The molecule has 0 aromatic heterocycles. The maximum Gasteiger partial charge on any atom is 0.129 e. The van der Waals surface area contributed by atoms with Gasteiger partial charge < -0.3 is 4.79 Å². The van der Waals surface area contributed by atoms with E-state index in [4.69, 9.17) is 0 Å². The number of carbonyl (C=O) groups is 1. The Morgan fingerprint density at radius 2 is 1.72 bits per heavy atom. The van der Waals surface area contributed by atoms with E-state index in [9.17, 15) is 4.79 Å². The Labute approximate surface area is 128 Å². The molecule has 0 bridgehead atoms. The van der Waals surface area contributed by atoms with Crippen LogP contribution in [0.3, 0.4) is 0 Å². The third kappa shape index (κ3) is 11.5. The van der Waals surface area contributed by atoms with E-state index in [-0.39, 0.29) is 0 Å². The van der Waals surface area contributed by atoms with Gasteiger partial charge >= 0.3 is 0 Å². The smallest absolute Gasteiger partial charge is 0.129 e. The number of carbonyl (C=O) groups excluding carboxylic acids is 1. The van der Waals surface area contributed by atoms with Crippen molar-refractivity contribution in [1.82, 2.24) is 0 Å². The molecule has 2 atom stereocenters. The molecule has 1 unspecified atom stereocenters. The Kier molecular flexibility index (Phi) is 12.7. The summed E-state index contributed by atoms with van der Waals surface area (Å²) >= 11 is 2.61. The minimum absolute atomic E-state index is 0.345. The number of hydrogen-bond acceptors (Lipinski definition) is 1. The predicted octanol–water partition coefficient (Wildman–Crippen LogP) is 5.94. The third-order valence-electron chi connectivity index (χ3n) is 3.69. The first-order valence-corrected chi connectivity index (χ1v) is 8.98. The van der Waals surface area contributed by atoms with Crippen molar-refractivity contribution in [1.29, 1.82) is 0 Å². The quantitative estimate of drug-likeness (QED) is 0.237. The molecule has 0 fully saturated rings. The molecule has 0 saturated heterocycles. The molecule has 0 spiro atoms. The van der Waals surface area contributed by atoms with Gasteiger partial charge in [-0.15, -0.1) is 0 Å². The minimum atomic E-state index is 0.345. The summed E-state index contributed by atoms with van der Waals surface area (Å²) in [7, 11) is 0. The van der Waals surface area contributed by atoms with Gasteiger partial charge in [-0.05, 0) is 32.1 Å². The van der Waals surface area contributed by atoms with Crippen molar-refractivity contribution in [3.8, 4) is 0 Å². The SMILES string of the molecule is CCCCCCC[C@@H](I)CC(CC)CCC(C)=O. The third-order valence-corrected chi connectivity index (χ3v) is 4.82. The molecule has 0 N–H and O–H groups in total. The van der Waals surface area contributed by atoms with E-state index in [0.29, 0.717) is 5.78 Å². The van der Waals surface area contributed by atoms with Crippen LogP contribution in [0.25, 0.3) is 0 Å². The van der Waals surface area contributed by atoms with Crippen LogP contribution < -0.4 is 0 Å². The van der Waals surface area contributed by atoms with Crippen molar-refractivity contribution in [3.63, 3.8) is 0 Å². The van der Waals surface area contributed by atoms with Gasteiger partial charge in [0.25, 0.3) is 0 Å². The lowest BCUT2D eigenvalue weighted by Crippen LogP contribution is -2.09. The summed E-state index contributed by atoms with van der Waals surface area (Å²) in [4.78, 5) is 11.0. The van der Waals surface area contributed by atoms with Crippen LogP contribution in [0.2, 0.25) is 0 Å². The second-order valence-electron chi connectivity index (χ2n) is 5.55. The van der Waals surface area contributed by atoms with Gasteiger partial charge in [0, 0.05) is 10.3 Å². The normalized spacial score (nSPS) is 14.4. The Morgan fingerprint density at radius 1 is 1.06 bits per heavy atom. The molecule has 0 aliphatic carbocycles. The first-order valence-electron chi connectivity index (χ1n) is 7.73. The molecule has 0 aliphatic heterocycles. The van der Waals surface area contributed by atoms with Gasteiger partial charge in [0.2, 0.25) is 0 Å². The average molecular weight is 366 g/mol. The summed E-state index contributed by atoms with van der Waals surface area (Å²) in [5.41, 5.74) is 0. The molecule has 0 rings (SSSR count). The molecule has 2 heteroatoms. The fraction of sp³-hybridized carbons (Fsp3) is 0.938. The van der Waals surface area contributed by atoms with Crippen LogP contribution in [0.5, 0.6) is 0 Å². The summed E-state index contributed by atoms with van der Waals surface area (Å²) in [6.07, 6.45) is 12.7. The zero-order valence-electron chi connectivity index (χ0n) is 12.5. The van der Waals surface area contributed by atoms with Crippen molar-refractivity contribution in [2.24, 2.45) is 5.92 Å². The van der Waals surface area contributed by atoms with Crippen molar-refractivity contribution in [3.05, 3.63) is 0 Å². The van der Waals surface area contributed by atoms with Gasteiger partial charge in [-0.2, -0.15) is 0 Å². The molecule has 0 heterocycles. The number of ketones is 1. The van der Waals surface area contributed by atoms with Gasteiger partial charge in [-0.1, -0.05) is 75.0 Å². The van der Waals surface area contributed by atoms with Gasteiger partial charge in [-0.25, -0.2) is 0 Å². The monoisotopic (exact) mass is 366 g/mol. The summed E-state index contributed by atoms with van der Waals surface area (Å²) < 4.78 is 0.807. The zero-order chi connectivity index (χ0) is 13.8. The maximum atomic E-state index is 11.0. The summed E-state index contributed by atoms with van der Waals surface area (Å²) in [5, 5.41) is 0. The Bertz CT molecular complexity index is 203. The summed E-state index contributed by atoms with van der Waals surface area (Å²) in [6, 6.07) is 0. The van der Waals surface area contributed by atoms with Crippen LogP contribution in [0.15, 0.2) is 0 Å². The number of halogens is 1. The highest BCUT2D eigenvalue weighted by molar-refractivity contribution is 14.1. The highest BCUT2D eigenvalue weighted by atomic mass is 127. The lowest BCUT2D eigenvalue weighted by Gasteiger charge is -2.18. The van der Waals surface area contributed by atoms with E-state index in [0.717, 1.165) is 22.7 Å². The van der Waals surface area contributed by atoms with Crippen LogP contribution in [0.4, 0.5) is 0 Å². The lowest BCUT2D eigenvalue weighted by atomic mass is 9.92. The fourth-order valence-corrected chi connectivity index (χ4v) is 3.50. The first kappa shape index (κ1) is 18.4. The fourth-order valence-electron chi connectivity index (χ4n) is 2.34. The number of hydrogen-bond donors (Lipinski definition) is 0. The predicted molar refractivity (Wildman–Crippen MR) is 89.5 cm³/mol. The molecular formula is C16H31IO. The van der Waals surface area contributed by atoms with E-state index >= 15 is 0 Å². The number of alkyl halides is 1. The molecule has 108 valence electrons. The van der Waals surface area contributed by atoms with E-state index < -0.39 is 0 Å². The topological polar surface area (TPSA) is 17.1 Å². The second kappa shape index (κ2) is 12.4. The van der Waals surface area contributed by atoms with Gasteiger partial charge in [0.05, 0.1) is 0 Å². The standard InChI is InChI=1S/C16H31IO/c1-4-6-7-8-9-10-16(17)13-15(5-2)12-11-14(3)18/h15-16H,4-13H2,1-3H3/t15?,16-/m1/s1. The van der Waals surface area contributed by atoms with E-state index in [1.807, 2.05) is 0 Å². The van der Waals surface area contributed by atoms with E-state index in [1.165, 1.54) is 51.4 Å². The van der Waals surface area contributed by atoms with Crippen LogP contribution in [0.1, 0.15) is 85.0 Å². The highest BCUT2D eigenvalue weighted by Gasteiger charge is 2.13. The minimum Gasteiger partial charge on any atom is -0.300 e. The van der Waals surface area contributed by atoms with E-state index in [2.05, 4.69) is 36.4 Å². The lowest BCUT2D eigenvalue weighted by molar-refractivity contribution is -0.117. The molecule has 0 amide bonds. The van der Waals surface area contributed by atoms with Crippen LogP contribution in [-0.2, 0) is 4.79 Å². The van der Waals surface area contributed by atoms with Crippen LogP contribution in [-0.4, -0.2) is 9.71 Å². The average Bonchev–Trinajstić information content (AvgIpc) is 2.34. The maximum absolute atomic E-state index is 11.0. The molecule has 1 nitrogen and oxygen atoms in total. The molecule has 0 radical (unpaired) electrons. The van der Waals surface area contributed by atoms with Crippen LogP contribution in [0, 0.1) is 5.92 Å². The first-order chi connectivity index (χ1) is 8.60. The Hall–Kier alpha value is 0.400. The van der Waals surface area contributed by atoms with Crippen molar-refractivity contribution in [2.75, 3.05) is 0 Å². The summed E-state index contributed by atoms with van der Waals surface area (Å²) in [6.45, 7) is 6.24. The molecular weight excluding hydrogens is 335 g/mol. The Balaban J connectivity index is 3.62. The molecule has 0 saturated carbocycles. The Morgan fingerprint density at radius 3 is 2.28 bits per heavy atom. The largest absolute Gasteiger partial charge is 0.300 e. The highest BCUT2D eigenvalue weighted by Crippen LogP contribution is 2.25. The molecule has 0 aromatic carbocycles. The zero-order valence-corrected chi connectivity index (χ0v) is 14.7. The van der Waals surface area contributed by atoms with Crippen LogP contribution >= 0.6 is 22.6 Å². The van der Waals surface area contributed by atoms with Gasteiger partial charge in [-0.3, -0.25) is 0 Å². The van der Waals surface area contributed by atoms with E-state index in [1.54, 1.807) is 6.92 Å². The number of Topliss-reactive ketones (excluding diaryl/α,β-unsaturated/α-hetero) is 1. The molecule has 18 heavy (non-hydrogen) atoms. The summed E-state index contributed by atoms with van der Waals surface area (Å²) in [5.74, 6) is 1.10.